The molecule has 0 bridgehead atoms. The number of halogens is 2. The molecule has 1 aliphatic carbocycles. The Morgan fingerprint density at radius 3 is 2.78 bits per heavy atom. The average Bonchev–Trinajstić information content (AvgIpc) is 2.86. The summed E-state index contributed by atoms with van der Waals surface area (Å²) in [6.07, 6.45) is 2.95. The van der Waals surface area contributed by atoms with Crippen LogP contribution in [0.4, 0.5) is 8.78 Å². The largest absolute Gasteiger partial charge is 0.341 e. The second-order valence-corrected chi connectivity index (χ2v) is 5.29. The molecule has 0 radical (unpaired) electrons. The molecule has 1 aromatic heterocycles. The highest BCUT2D eigenvalue weighted by molar-refractivity contribution is 5.75. The molecule has 2 unspecified atom stereocenters. The summed E-state index contributed by atoms with van der Waals surface area (Å²) in [6, 6.07) is 2.30. The Hall–Kier alpha value is -1.49. The van der Waals surface area contributed by atoms with E-state index in [9.17, 15) is 8.78 Å². The van der Waals surface area contributed by atoms with E-state index in [0.29, 0.717) is 11.0 Å². The van der Waals surface area contributed by atoms with Crippen LogP contribution in [0.15, 0.2) is 12.1 Å². The number of nitrogens with two attached hydrogens (primary N) is 1. The summed E-state index contributed by atoms with van der Waals surface area (Å²) in [7, 11) is 0. The number of aromatic nitrogens is 2. The predicted molar refractivity (Wildman–Crippen MR) is 65.2 cm³/mol. The zero-order valence-corrected chi connectivity index (χ0v) is 10.1. The van der Waals surface area contributed by atoms with Crippen molar-refractivity contribution in [2.75, 3.05) is 0 Å². The SMILES string of the molecule is CC1(c2nc3cc(F)c(F)cc3[nH]2)CCCC1N. The summed E-state index contributed by atoms with van der Waals surface area (Å²) in [5.74, 6) is -1.01. The van der Waals surface area contributed by atoms with E-state index >= 15 is 0 Å². The quantitative estimate of drug-likeness (QED) is 0.818. The first kappa shape index (κ1) is 11.6. The number of fused-ring (bicyclic) bond motifs is 1. The van der Waals surface area contributed by atoms with E-state index in [1.165, 1.54) is 0 Å². The van der Waals surface area contributed by atoms with Crippen molar-refractivity contribution < 1.29 is 8.78 Å². The highest BCUT2D eigenvalue weighted by atomic mass is 19.2. The van der Waals surface area contributed by atoms with Gasteiger partial charge in [0.15, 0.2) is 11.6 Å². The Morgan fingerprint density at radius 1 is 1.39 bits per heavy atom. The van der Waals surface area contributed by atoms with Crippen molar-refractivity contribution in [3.05, 3.63) is 29.6 Å². The first-order valence-corrected chi connectivity index (χ1v) is 6.11. The number of hydrogen-bond donors (Lipinski definition) is 2. The zero-order chi connectivity index (χ0) is 12.9. The second kappa shape index (κ2) is 3.75. The lowest BCUT2D eigenvalue weighted by Crippen LogP contribution is -2.39. The van der Waals surface area contributed by atoms with E-state index in [1.807, 2.05) is 0 Å². The van der Waals surface area contributed by atoms with Crippen LogP contribution in [-0.4, -0.2) is 16.0 Å². The molecule has 1 saturated carbocycles. The van der Waals surface area contributed by atoms with E-state index in [0.717, 1.165) is 37.2 Å². The van der Waals surface area contributed by atoms with Crippen molar-refractivity contribution in [3.8, 4) is 0 Å². The van der Waals surface area contributed by atoms with E-state index in [1.54, 1.807) is 0 Å². The number of hydrogen-bond acceptors (Lipinski definition) is 2. The number of aromatic amines is 1. The van der Waals surface area contributed by atoms with Crippen LogP contribution in [0.5, 0.6) is 0 Å². The van der Waals surface area contributed by atoms with Crippen molar-refractivity contribution in [1.82, 2.24) is 9.97 Å². The van der Waals surface area contributed by atoms with E-state index in [-0.39, 0.29) is 11.5 Å². The maximum Gasteiger partial charge on any atom is 0.161 e. The summed E-state index contributed by atoms with van der Waals surface area (Å²) < 4.78 is 26.3. The minimum absolute atomic E-state index is 0.0350. The number of nitrogens with zero attached hydrogens (tertiary/aromatic N) is 1. The molecule has 1 aromatic carbocycles. The molecule has 3 N–H and O–H groups in total. The van der Waals surface area contributed by atoms with Crippen LogP contribution < -0.4 is 5.73 Å². The molecule has 3 nitrogen and oxygen atoms in total. The molecule has 3 rings (SSSR count). The fraction of sp³-hybridized carbons (Fsp3) is 0.462. The van der Waals surface area contributed by atoms with Gasteiger partial charge < -0.3 is 10.7 Å². The average molecular weight is 251 g/mol. The van der Waals surface area contributed by atoms with Gasteiger partial charge in [-0.15, -0.1) is 0 Å². The summed E-state index contributed by atoms with van der Waals surface area (Å²) in [4.78, 5) is 7.46. The van der Waals surface area contributed by atoms with Gasteiger partial charge in [-0.3, -0.25) is 0 Å². The Balaban J connectivity index is 2.14. The smallest absolute Gasteiger partial charge is 0.161 e. The maximum atomic E-state index is 13.2. The summed E-state index contributed by atoms with van der Waals surface area (Å²) in [5.41, 5.74) is 6.85. The third-order valence-corrected chi connectivity index (χ3v) is 4.09. The molecule has 1 aliphatic rings. The molecule has 0 spiro atoms. The van der Waals surface area contributed by atoms with Crippen LogP contribution in [0, 0.1) is 11.6 Å². The topological polar surface area (TPSA) is 54.7 Å². The highest BCUT2D eigenvalue weighted by Gasteiger charge is 2.40. The van der Waals surface area contributed by atoms with Gasteiger partial charge >= 0.3 is 0 Å². The maximum absolute atomic E-state index is 13.2. The van der Waals surface area contributed by atoms with Crippen molar-refractivity contribution in [2.45, 2.75) is 37.6 Å². The summed E-state index contributed by atoms with van der Waals surface area (Å²) in [6.45, 7) is 2.05. The van der Waals surface area contributed by atoms with Gasteiger partial charge in [-0.1, -0.05) is 13.3 Å². The first-order chi connectivity index (χ1) is 8.50. The van der Waals surface area contributed by atoms with E-state index < -0.39 is 11.6 Å². The molecule has 1 fully saturated rings. The third-order valence-electron chi connectivity index (χ3n) is 4.09. The number of benzene rings is 1. The van der Waals surface area contributed by atoms with Crippen LogP contribution in [0.1, 0.15) is 32.0 Å². The van der Waals surface area contributed by atoms with E-state index in [2.05, 4.69) is 16.9 Å². The van der Waals surface area contributed by atoms with Gasteiger partial charge in [0.05, 0.1) is 11.0 Å². The lowest BCUT2D eigenvalue weighted by atomic mass is 9.84. The van der Waals surface area contributed by atoms with Gasteiger partial charge in [-0.05, 0) is 12.8 Å². The van der Waals surface area contributed by atoms with Crippen LogP contribution in [-0.2, 0) is 5.41 Å². The number of rotatable bonds is 1. The molecular formula is C13H15F2N3. The molecule has 0 aliphatic heterocycles. The van der Waals surface area contributed by atoms with Crippen LogP contribution >= 0.6 is 0 Å². The molecule has 0 amide bonds. The van der Waals surface area contributed by atoms with Gasteiger partial charge in [0, 0.05) is 23.6 Å². The number of nitrogens with one attached hydrogen (secondary N) is 1. The van der Waals surface area contributed by atoms with Crippen molar-refractivity contribution in [2.24, 2.45) is 5.73 Å². The molecule has 1 heterocycles. The standard InChI is InChI=1S/C13H15F2N3/c1-13(4-2-3-11(13)16)12-17-9-5-7(14)8(15)6-10(9)18-12/h5-6,11H,2-4,16H2,1H3,(H,17,18). The molecule has 2 atom stereocenters. The highest BCUT2D eigenvalue weighted by Crippen LogP contribution is 2.39. The van der Waals surface area contributed by atoms with Gasteiger partial charge in [0.2, 0.25) is 0 Å². The molecule has 5 heteroatoms. The van der Waals surface area contributed by atoms with Crippen molar-refractivity contribution in [1.29, 1.82) is 0 Å². The normalized spacial score (nSPS) is 28.1. The van der Waals surface area contributed by atoms with Gasteiger partial charge in [-0.2, -0.15) is 0 Å². The van der Waals surface area contributed by atoms with E-state index in [4.69, 9.17) is 5.73 Å². The summed E-state index contributed by atoms with van der Waals surface area (Å²) >= 11 is 0. The molecule has 2 aromatic rings. The van der Waals surface area contributed by atoms with Gasteiger partial charge in [-0.25, -0.2) is 13.8 Å². The second-order valence-electron chi connectivity index (χ2n) is 5.29. The van der Waals surface area contributed by atoms with Gasteiger partial charge in [0.25, 0.3) is 0 Å². The Kier molecular flexibility index (Phi) is 2.41. The third kappa shape index (κ3) is 1.54. The molecule has 18 heavy (non-hydrogen) atoms. The van der Waals surface area contributed by atoms with Crippen LogP contribution in [0.3, 0.4) is 0 Å². The predicted octanol–water partition coefficient (Wildman–Crippen LogP) is 2.61. The lowest BCUT2D eigenvalue weighted by Gasteiger charge is -2.26. The summed E-state index contributed by atoms with van der Waals surface area (Å²) in [5, 5.41) is 0. The van der Waals surface area contributed by atoms with Gasteiger partial charge in [0.1, 0.15) is 5.82 Å². The number of H-pyrrole nitrogens is 1. The fourth-order valence-corrected chi connectivity index (χ4v) is 2.76. The minimum atomic E-state index is -0.874. The van der Waals surface area contributed by atoms with Crippen molar-refractivity contribution in [3.63, 3.8) is 0 Å². The number of imidazole rings is 1. The van der Waals surface area contributed by atoms with Crippen molar-refractivity contribution >= 4 is 11.0 Å². The molecule has 96 valence electrons. The van der Waals surface area contributed by atoms with Crippen LogP contribution in [0.2, 0.25) is 0 Å². The Labute approximate surface area is 103 Å². The molecule has 0 saturated heterocycles. The first-order valence-electron chi connectivity index (χ1n) is 6.11. The Bertz CT molecular complexity index is 569. The zero-order valence-electron chi connectivity index (χ0n) is 10.1. The monoisotopic (exact) mass is 251 g/mol. The Morgan fingerprint density at radius 2 is 2.11 bits per heavy atom. The van der Waals surface area contributed by atoms with Crippen LogP contribution in [0.25, 0.3) is 11.0 Å². The minimum Gasteiger partial charge on any atom is -0.341 e. The lowest BCUT2D eigenvalue weighted by molar-refractivity contribution is 0.409. The molecular weight excluding hydrogens is 236 g/mol. The fourth-order valence-electron chi connectivity index (χ4n) is 2.76.